The van der Waals surface area contributed by atoms with Crippen molar-refractivity contribution in [1.82, 2.24) is 0 Å². The maximum Gasteiger partial charge on any atom is 0.0582 e. The van der Waals surface area contributed by atoms with Gasteiger partial charge < -0.3 is 16.6 Å². The van der Waals surface area contributed by atoms with Gasteiger partial charge in [-0.3, -0.25) is 0 Å². The van der Waals surface area contributed by atoms with E-state index in [4.69, 9.17) is 16.6 Å². The van der Waals surface area contributed by atoms with Gasteiger partial charge in [0.15, 0.2) is 0 Å². The van der Waals surface area contributed by atoms with E-state index in [1.54, 1.807) is 0 Å². The summed E-state index contributed by atoms with van der Waals surface area (Å²) in [5.74, 6) is 0. The first-order valence-corrected chi connectivity index (χ1v) is 3.78. The predicted molar refractivity (Wildman–Crippen MR) is 42.6 cm³/mol. The van der Waals surface area contributed by atoms with Crippen molar-refractivity contribution in [2.75, 3.05) is 6.61 Å². The molecule has 0 aromatic rings. The van der Waals surface area contributed by atoms with Crippen molar-refractivity contribution in [2.24, 2.45) is 11.5 Å². The Kier molecular flexibility index (Phi) is 5.58. The minimum absolute atomic E-state index is 0.0567. The van der Waals surface area contributed by atoms with Crippen LogP contribution in [0.25, 0.3) is 0 Å². The summed E-state index contributed by atoms with van der Waals surface area (Å²) >= 11 is 0. The molecule has 0 aliphatic heterocycles. The largest absolute Gasteiger partial charge is 0.395 e. The smallest absolute Gasteiger partial charge is 0.0582 e. The van der Waals surface area contributed by atoms with Gasteiger partial charge in [0.1, 0.15) is 0 Å². The molecule has 0 spiro atoms. The van der Waals surface area contributed by atoms with Crippen molar-refractivity contribution in [3.05, 3.63) is 0 Å². The molecule has 2 atom stereocenters. The first kappa shape index (κ1) is 9.88. The standard InChI is InChI=1S/C7H18N2O/c1-6(8)3-2-4-7(9)5-10/h6-7,10H,2-5,8-9H2,1H3. The van der Waals surface area contributed by atoms with Crippen molar-refractivity contribution < 1.29 is 5.11 Å². The molecular formula is C7H18N2O. The summed E-state index contributed by atoms with van der Waals surface area (Å²) in [7, 11) is 0. The Bertz CT molecular complexity index is 76.0. The van der Waals surface area contributed by atoms with E-state index >= 15 is 0 Å². The highest BCUT2D eigenvalue weighted by molar-refractivity contribution is 4.61. The van der Waals surface area contributed by atoms with Crippen LogP contribution in [0.3, 0.4) is 0 Å². The maximum atomic E-state index is 8.54. The van der Waals surface area contributed by atoms with Gasteiger partial charge in [-0.05, 0) is 19.8 Å². The minimum Gasteiger partial charge on any atom is -0.395 e. The number of hydrogen-bond acceptors (Lipinski definition) is 3. The van der Waals surface area contributed by atoms with Crippen LogP contribution in [0.4, 0.5) is 0 Å². The van der Waals surface area contributed by atoms with Crippen LogP contribution < -0.4 is 11.5 Å². The quantitative estimate of drug-likeness (QED) is 0.504. The fourth-order valence-electron chi connectivity index (χ4n) is 0.793. The van der Waals surface area contributed by atoms with E-state index in [2.05, 4.69) is 0 Å². The summed E-state index contributed by atoms with van der Waals surface area (Å²) in [6, 6.07) is 0.199. The Morgan fingerprint density at radius 2 is 1.90 bits per heavy atom. The molecule has 0 amide bonds. The Morgan fingerprint density at radius 1 is 1.30 bits per heavy atom. The van der Waals surface area contributed by atoms with Crippen molar-refractivity contribution in [3.8, 4) is 0 Å². The Hall–Kier alpha value is -0.120. The number of aliphatic hydroxyl groups excluding tert-OH is 1. The molecule has 3 nitrogen and oxygen atoms in total. The van der Waals surface area contributed by atoms with E-state index in [9.17, 15) is 0 Å². The molecule has 0 bridgehead atoms. The summed E-state index contributed by atoms with van der Waals surface area (Å²) < 4.78 is 0. The molecule has 0 saturated heterocycles. The molecule has 2 unspecified atom stereocenters. The zero-order chi connectivity index (χ0) is 7.98. The van der Waals surface area contributed by atoms with E-state index in [0.717, 1.165) is 19.3 Å². The van der Waals surface area contributed by atoms with Gasteiger partial charge in [-0.1, -0.05) is 6.42 Å². The summed E-state index contributed by atoms with van der Waals surface area (Å²) in [4.78, 5) is 0. The predicted octanol–water partition coefficient (Wildman–Crippen LogP) is -0.176. The maximum absolute atomic E-state index is 8.54. The molecule has 0 heterocycles. The van der Waals surface area contributed by atoms with Crippen LogP contribution in [0.1, 0.15) is 26.2 Å². The van der Waals surface area contributed by atoms with Gasteiger partial charge in [-0.25, -0.2) is 0 Å². The molecule has 62 valence electrons. The van der Waals surface area contributed by atoms with Gasteiger partial charge in [-0.2, -0.15) is 0 Å². The van der Waals surface area contributed by atoms with E-state index in [-0.39, 0.29) is 18.7 Å². The topological polar surface area (TPSA) is 72.3 Å². The fraction of sp³-hybridized carbons (Fsp3) is 1.00. The SMILES string of the molecule is CC(N)CCCC(N)CO. The Balaban J connectivity index is 3.03. The molecule has 3 heteroatoms. The van der Waals surface area contributed by atoms with Gasteiger partial charge in [0.2, 0.25) is 0 Å². The van der Waals surface area contributed by atoms with E-state index in [1.165, 1.54) is 0 Å². The van der Waals surface area contributed by atoms with E-state index < -0.39 is 0 Å². The molecule has 0 aliphatic rings. The number of aliphatic hydroxyl groups is 1. The number of nitrogens with two attached hydrogens (primary N) is 2. The van der Waals surface area contributed by atoms with E-state index in [0.29, 0.717) is 0 Å². The second kappa shape index (κ2) is 5.65. The summed E-state index contributed by atoms with van der Waals surface area (Å²) in [5, 5.41) is 8.54. The molecular weight excluding hydrogens is 128 g/mol. The zero-order valence-electron chi connectivity index (χ0n) is 6.59. The number of rotatable bonds is 5. The van der Waals surface area contributed by atoms with Gasteiger partial charge in [-0.15, -0.1) is 0 Å². The molecule has 0 radical (unpaired) electrons. The molecule has 0 saturated carbocycles. The Labute approximate surface area is 62.4 Å². The minimum atomic E-state index is -0.0567. The fourth-order valence-corrected chi connectivity index (χ4v) is 0.793. The van der Waals surface area contributed by atoms with Crippen molar-refractivity contribution in [1.29, 1.82) is 0 Å². The molecule has 0 aromatic carbocycles. The monoisotopic (exact) mass is 146 g/mol. The summed E-state index contributed by atoms with van der Waals surface area (Å²) in [5.41, 5.74) is 11.0. The molecule has 0 rings (SSSR count). The lowest BCUT2D eigenvalue weighted by Crippen LogP contribution is -2.25. The van der Waals surface area contributed by atoms with Crippen LogP contribution in [0.2, 0.25) is 0 Å². The molecule has 0 aromatic heterocycles. The zero-order valence-corrected chi connectivity index (χ0v) is 6.59. The molecule has 5 N–H and O–H groups in total. The van der Waals surface area contributed by atoms with Gasteiger partial charge >= 0.3 is 0 Å². The average Bonchev–Trinajstić information content (AvgIpc) is 1.87. The number of hydrogen-bond donors (Lipinski definition) is 3. The average molecular weight is 146 g/mol. The highest BCUT2D eigenvalue weighted by Gasteiger charge is 2.00. The Morgan fingerprint density at radius 3 is 2.30 bits per heavy atom. The second-order valence-electron chi connectivity index (χ2n) is 2.85. The third-order valence-electron chi connectivity index (χ3n) is 1.47. The third kappa shape index (κ3) is 6.01. The summed E-state index contributed by atoms with van der Waals surface area (Å²) in [6.45, 7) is 2.06. The second-order valence-corrected chi connectivity index (χ2v) is 2.85. The third-order valence-corrected chi connectivity index (χ3v) is 1.47. The normalized spacial score (nSPS) is 16.8. The highest BCUT2D eigenvalue weighted by Crippen LogP contribution is 2.00. The van der Waals surface area contributed by atoms with Gasteiger partial charge in [0.25, 0.3) is 0 Å². The van der Waals surface area contributed by atoms with Crippen molar-refractivity contribution in [3.63, 3.8) is 0 Å². The van der Waals surface area contributed by atoms with Crippen LogP contribution in [0.5, 0.6) is 0 Å². The first-order valence-electron chi connectivity index (χ1n) is 3.78. The molecule has 0 fully saturated rings. The summed E-state index contributed by atoms with van der Waals surface area (Å²) in [6.07, 6.45) is 2.88. The highest BCUT2D eigenvalue weighted by atomic mass is 16.3. The van der Waals surface area contributed by atoms with Crippen LogP contribution in [0.15, 0.2) is 0 Å². The lowest BCUT2D eigenvalue weighted by molar-refractivity contribution is 0.257. The van der Waals surface area contributed by atoms with Gasteiger partial charge in [0, 0.05) is 12.1 Å². The molecule has 10 heavy (non-hydrogen) atoms. The van der Waals surface area contributed by atoms with Crippen LogP contribution in [-0.4, -0.2) is 23.8 Å². The van der Waals surface area contributed by atoms with E-state index in [1.807, 2.05) is 6.92 Å². The van der Waals surface area contributed by atoms with Crippen LogP contribution in [-0.2, 0) is 0 Å². The van der Waals surface area contributed by atoms with Crippen LogP contribution >= 0.6 is 0 Å². The van der Waals surface area contributed by atoms with Crippen molar-refractivity contribution in [2.45, 2.75) is 38.3 Å². The molecule has 0 aliphatic carbocycles. The van der Waals surface area contributed by atoms with Crippen LogP contribution in [0, 0.1) is 0 Å². The lowest BCUT2D eigenvalue weighted by Gasteiger charge is -2.08. The van der Waals surface area contributed by atoms with Gasteiger partial charge in [0.05, 0.1) is 6.61 Å². The lowest BCUT2D eigenvalue weighted by atomic mass is 10.1. The first-order chi connectivity index (χ1) is 4.66. The van der Waals surface area contributed by atoms with Crippen molar-refractivity contribution >= 4 is 0 Å².